The van der Waals surface area contributed by atoms with Crippen LogP contribution < -0.4 is 5.43 Å². The molecule has 0 aliphatic heterocycles. The molecule has 6 nitrogen and oxygen atoms in total. The minimum atomic E-state index is -1.08. The Hall–Kier alpha value is -2.22. The molecule has 0 aliphatic rings. The summed E-state index contributed by atoms with van der Waals surface area (Å²) in [6, 6.07) is 1.69. The highest BCUT2D eigenvalue weighted by atomic mass is 35.5. The second-order valence-electron chi connectivity index (χ2n) is 3.76. The zero-order valence-electron chi connectivity index (χ0n) is 11.8. The first kappa shape index (κ1) is 17.8. The van der Waals surface area contributed by atoms with E-state index in [9.17, 15) is 18.4 Å². The van der Waals surface area contributed by atoms with E-state index in [1.54, 1.807) is 0 Å². The summed E-state index contributed by atoms with van der Waals surface area (Å²) in [7, 11) is 0. The van der Waals surface area contributed by atoms with E-state index >= 15 is 0 Å². The second kappa shape index (κ2) is 8.28. The van der Waals surface area contributed by atoms with E-state index in [0.29, 0.717) is 0 Å². The first-order valence-corrected chi connectivity index (χ1v) is 6.60. The highest BCUT2D eigenvalue weighted by molar-refractivity contribution is 6.62. The maximum atomic E-state index is 13.6. The number of esters is 2. The Kier molecular flexibility index (Phi) is 6.71. The van der Waals surface area contributed by atoms with E-state index in [4.69, 9.17) is 11.6 Å². The summed E-state index contributed by atoms with van der Waals surface area (Å²) in [4.78, 5) is 23.2. The Labute approximate surface area is 130 Å². The fraction of sp³-hybridized carbons (Fsp3) is 0.308. The maximum absolute atomic E-state index is 13.6. The van der Waals surface area contributed by atoms with Crippen LogP contribution in [0.25, 0.3) is 0 Å². The van der Waals surface area contributed by atoms with Gasteiger partial charge in [-0.1, -0.05) is 11.6 Å². The number of carbonyl (C=O) groups is 2. The van der Waals surface area contributed by atoms with E-state index in [2.05, 4.69) is 14.6 Å². The predicted molar refractivity (Wildman–Crippen MR) is 75.7 cm³/mol. The fourth-order valence-corrected chi connectivity index (χ4v) is 1.53. The van der Waals surface area contributed by atoms with Gasteiger partial charge in [0.2, 0.25) is 0 Å². The van der Waals surface area contributed by atoms with E-state index < -0.39 is 35.0 Å². The largest absolute Gasteiger partial charge is 0.461 e. The standard InChI is InChI=1S/C13H13ClF2N2O4/c1-3-21-12(19)11(13(20)22-4-2)18-17-10-8(15)5-7(14)6-9(10)16/h5-6,17H,3-4H2,1-2H3. The smallest absolute Gasteiger partial charge is 0.366 e. The van der Waals surface area contributed by atoms with Crippen LogP contribution in [-0.4, -0.2) is 30.9 Å². The van der Waals surface area contributed by atoms with Crippen molar-refractivity contribution >= 4 is 34.9 Å². The van der Waals surface area contributed by atoms with Crippen LogP contribution in [-0.2, 0) is 19.1 Å². The Morgan fingerprint density at radius 2 is 1.59 bits per heavy atom. The van der Waals surface area contributed by atoms with Crippen LogP contribution in [0.3, 0.4) is 0 Å². The monoisotopic (exact) mass is 334 g/mol. The third kappa shape index (κ3) is 4.66. The van der Waals surface area contributed by atoms with Gasteiger partial charge in [0.1, 0.15) is 5.69 Å². The van der Waals surface area contributed by atoms with Gasteiger partial charge >= 0.3 is 11.9 Å². The van der Waals surface area contributed by atoms with Gasteiger partial charge in [0.25, 0.3) is 5.71 Å². The molecule has 0 heterocycles. The number of hydrogen-bond acceptors (Lipinski definition) is 6. The molecule has 1 N–H and O–H groups in total. The molecule has 0 unspecified atom stereocenters. The van der Waals surface area contributed by atoms with Crippen LogP contribution in [0.5, 0.6) is 0 Å². The molecule has 1 rings (SSSR count). The molecule has 1 aromatic rings. The highest BCUT2D eigenvalue weighted by Gasteiger charge is 2.24. The Morgan fingerprint density at radius 1 is 1.14 bits per heavy atom. The fourth-order valence-electron chi connectivity index (χ4n) is 1.33. The number of hydrazone groups is 1. The van der Waals surface area contributed by atoms with Crippen molar-refractivity contribution in [2.75, 3.05) is 18.6 Å². The lowest BCUT2D eigenvalue weighted by molar-refractivity contribution is -0.140. The molecule has 0 fully saturated rings. The quantitative estimate of drug-likeness (QED) is 0.374. The normalized spacial score (nSPS) is 9.86. The number of ether oxygens (including phenoxy) is 2. The van der Waals surface area contributed by atoms with Crippen LogP contribution >= 0.6 is 11.6 Å². The van der Waals surface area contributed by atoms with Gasteiger partial charge in [0.15, 0.2) is 11.6 Å². The number of halogens is 3. The summed E-state index contributed by atoms with van der Waals surface area (Å²) >= 11 is 5.48. The van der Waals surface area contributed by atoms with Crippen molar-refractivity contribution in [1.82, 2.24) is 0 Å². The summed E-state index contributed by atoms with van der Waals surface area (Å²) in [5.74, 6) is -4.24. The number of benzene rings is 1. The number of carbonyl (C=O) groups excluding carboxylic acids is 2. The van der Waals surface area contributed by atoms with Crippen molar-refractivity contribution in [3.63, 3.8) is 0 Å². The molecule has 0 amide bonds. The number of rotatable bonds is 6. The molecule has 0 radical (unpaired) electrons. The van der Waals surface area contributed by atoms with Crippen molar-refractivity contribution in [2.45, 2.75) is 13.8 Å². The maximum Gasteiger partial charge on any atom is 0.366 e. The molecule has 1 aromatic carbocycles. The zero-order valence-corrected chi connectivity index (χ0v) is 12.5. The van der Waals surface area contributed by atoms with Gasteiger partial charge in [-0.25, -0.2) is 18.4 Å². The van der Waals surface area contributed by atoms with Gasteiger partial charge in [0, 0.05) is 5.02 Å². The molecule has 120 valence electrons. The summed E-state index contributed by atoms with van der Waals surface area (Å²) in [6.07, 6.45) is 0. The van der Waals surface area contributed by atoms with Gasteiger partial charge in [0.05, 0.1) is 13.2 Å². The molecule has 9 heteroatoms. The SMILES string of the molecule is CCOC(=O)C(=NNc1c(F)cc(Cl)cc1F)C(=O)OCC. The zero-order chi connectivity index (χ0) is 16.7. The molecule has 0 bridgehead atoms. The lowest BCUT2D eigenvalue weighted by atomic mass is 10.3. The Bertz CT molecular complexity index is 565. The molecule has 0 spiro atoms. The molecule has 0 aromatic heterocycles. The minimum absolute atomic E-state index is 0.0130. The van der Waals surface area contributed by atoms with Gasteiger partial charge in [-0.2, -0.15) is 5.10 Å². The predicted octanol–water partition coefficient (Wildman–Crippen LogP) is 2.51. The molecular formula is C13H13ClF2N2O4. The molecule has 0 saturated heterocycles. The summed E-state index contributed by atoms with van der Waals surface area (Å²) in [5.41, 5.74) is 0.528. The highest BCUT2D eigenvalue weighted by Crippen LogP contribution is 2.23. The van der Waals surface area contributed by atoms with Crippen molar-refractivity contribution in [3.8, 4) is 0 Å². The lowest BCUT2D eigenvalue weighted by Crippen LogP contribution is -2.29. The van der Waals surface area contributed by atoms with Crippen LogP contribution in [0, 0.1) is 11.6 Å². The minimum Gasteiger partial charge on any atom is -0.461 e. The van der Waals surface area contributed by atoms with Crippen LogP contribution in [0.2, 0.25) is 5.02 Å². The summed E-state index contributed by atoms with van der Waals surface area (Å²) < 4.78 is 36.4. The Morgan fingerprint density at radius 3 is 2.00 bits per heavy atom. The first-order chi connectivity index (χ1) is 10.4. The molecule has 22 heavy (non-hydrogen) atoms. The first-order valence-electron chi connectivity index (χ1n) is 6.23. The van der Waals surface area contributed by atoms with Crippen molar-refractivity contribution < 1.29 is 27.8 Å². The number of nitrogens with one attached hydrogen (secondary N) is 1. The Balaban J connectivity index is 3.08. The van der Waals surface area contributed by atoms with E-state index in [-0.39, 0.29) is 18.2 Å². The van der Waals surface area contributed by atoms with Crippen LogP contribution in [0.1, 0.15) is 13.8 Å². The second-order valence-corrected chi connectivity index (χ2v) is 4.19. The van der Waals surface area contributed by atoms with Crippen molar-refractivity contribution in [1.29, 1.82) is 0 Å². The third-order valence-corrected chi connectivity index (χ3v) is 2.44. The van der Waals surface area contributed by atoms with Gasteiger partial charge in [-0.05, 0) is 26.0 Å². The average molecular weight is 335 g/mol. The molecule has 0 atom stereocenters. The third-order valence-electron chi connectivity index (χ3n) is 2.22. The summed E-state index contributed by atoms with van der Waals surface area (Å²) in [5, 5.41) is 3.22. The van der Waals surface area contributed by atoms with Crippen LogP contribution in [0.15, 0.2) is 17.2 Å². The molecule has 0 saturated carbocycles. The van der Waals surface area contributed by atoms with Crippen molar-refractivity contribution in [2.24, 2.45) is 5.10 Å². The van der Waals surface area contributed by atoms with E-state index in [1.807, 2.05) is 5.43 Å². The number of nitrogens with zero attached hydrogens (tertiary/aromatic N) is 1. The summed E-state index contributed by atoms with van der Waals surface area (Å²) in [6.45, 7) is 3.01. The topological polar surface area (TPSA) is 77.0 Å². The van der Waals surface area contributed by atoms with Gasteiger partial charge in [-0.15, -0.1) is 0 Å². The van der Waals surface area contributed by atoms with E-state index in [1.165, 1.54) is 13.8 Å². The number of hydrogen-bond donors (Lipinski definition) is 1. The average Bonchev–Trinajstić information content (AvgIpc) is 2.42. The van der Waals surface area contributed by atoms with Crippen LogP contribution in [0.4, 0.5) is 14.5 Å². The van der Waals surface area contributed by atoms with Gasteiger partial charge < -0.3 is 9.47 Å². The van der Waals surface area contributed by atoms with Crippen molar-refractivity contribution in [3.05, 3.63) is 28.8 Å². The molecular weight excluding hydrogens is 322 g/mol. The number of anilines is 1. The van der Waals surface area contributed by atoms with Gasteiger partial charge in [-0.3, -0.25) is 5.43 Å². The lowest BCUT2D eigenvalue weighted by Gasteiger charge is -2.08. The van der Waals surface area contributed by atoms with E-state index in [0.717, 1.165) is 12.1 Å². The molecule has 0 aliphatic carbocycles.